The highest BCUT2D eigenvalue weighted by molar-refractivity contribution is 5.94. The number of carbonyl (C=O) groups is 4. The molecule has 1 aliphatic rings. The molecule has 0 bridgehead atoms. The first-order chi connectivity index (χ1) is 18.7. The standard InChI is InChI=1S/C23H28N2O6.C4H4O4/c1-28-19-15-18(16-20(29-2)21(19)30-3)23(27)31-14-13-24-9-11-25(12-10-24)22(26)17-7-5-4-6-8-17;5-3(6)1-2-4(7)8/h4-8,15-16H,9-14H2,1-3H3;1-2H,(H,5,6)(H,7,8). The van der Waals surface area contributed by atoms with Crippen LogP contribution in [0.4, 0.5) is 0 Å². The van der Waals surface area contributed by atoms with Crippen molar-refractivity contribution in [2.24, 2.45) is 0 Å². The summed E-state index contributed by atoms with van der Waals surface area (Å²) < 4.78 is 21.3. The number of piperazine rings is 1. The maximum Gasteiger partial charge on any atom is 0.338 e. The van der Waals surface area contributed by atoms with Crippen molar-refractivity contribution in [2.75, 3.05) is 60.7 Å². The highest BCUT2D eigenvalue weighted by atomic mass is 16.5. The second-order valence-corrected chi connectivity index (χ2v) is 8.06. The zero-order valence-corrected chi connectivity index (χ0v) is 22.0. The van der Waals surface area contributed by atoms with Crippen LogP contribution < -0.4 is 14.2 Å². The zero-order chi connectivity index (χ0) is 28.8. The van der Waals surface area contributed by atoms with E-state index in [9.17, 15) is 19.2 Å². The third kappa shape index (κ3) is 9.67. The van der Waals surface area contributed by atoms with Crippen molar-refractivity contribution in [1.29, 1.82) is 0 Å². The number of carboxylic acids is 2. The molecule has 39 heavy (non-hydrogen) atoms. The van der Waals surface area contributed by atoms with E-state index in [2.05, 4.69) is 4.90 Å². The van der Waals surface area contributed by atoms with Crippen molar-refractivity contribution >= 4 is 23.8 Å². The molecule has 12 heteroatoms. The van der Waals surface area contributed by atoms with Gasteiger partial charge in [0.05, 0.1) is 26.9 Å². The van der Waals surface area contributed by atoms with Gasteiger partial charge in [0.25, 0.3) is 5.91 Å². The molecule has 2 aromatic rings. The molecule has 0 aromatic heterocycles. The lowest BCUT2D eigenvalue weighted by Crippen LogP contribution is -2.49. The van der Waals surface area contributed by atoms with Crippen LogP contribution in [0.15, 0.2) is 54.6 Å². The van der Waals surface area contributed by atoms with E-state index >= 15 is 0 Å². The number of nitrogens with zero attached hydrogens (tertiary/aromatic N) is 2. The summed E-state index contributed by atoms with van der Waals surface area (Å²) >= 11 is 0. The van der Waals surface area contributed by atoms with Gasteiger partial charge in [0.2, 0.25) is 5.75 Å². The Bertz CT molecular complexity index is 1120. The Hall–Kier alpha value is -4.58. The first-order valence-corrected chi connectivity index (χ1v) is 11.9. The van der Waals surface area contributed by atoms with Gasteiger partial charge in [0.1, 0.15) is 6.61 Å². The summed E-state index contributed by atoms with van der Waals surface area (Å²) in [6, 6.07) is 12.4. The number of carboxylic acid groups (broad SMARTS) is 2. The van der Waals surface area contributed by atoms with Gasteiger partial charge in [-0.2, -0.15) is 0 Å². The molecule has 0 unspecified atom stereocenters. The van der Waals surface area contributed by atoms with Crippen LogP contribution >= 0.6 is 0 Å². The van der Waals surface area contributed by atoms with E-state index in [0.29, 0.717) is 60.2 Å². The van der Waals surface area contributed by atoms with Gasteiger partial charge >= 0.3 is 17.9 Å². The van der Waals surface area contributed by atoms with E-state index in [-0.39, 0.29) is 12.5 Å². The van der Waals surface area contributed by atoms with Gasteiger partial charge in [-0.1, -0.05) is 18.2 Å². The van der Waals surface area contributed by atoms with E-state index in [1.54, 1.807) is 12.1 Å². The molecule has 0 atom stereocenters. The van der Waals surface area contributed by atoms with E-state index in [1.807, 2.05) is 35.2 Å². The largest absolute Gasteiger partial charge is 0.493 e. The van der Waals surface area contributed by atoms with Gasteiger partial charge in [-0.05, 0) is 24.3 Å². The summed E-state index contributed by atoms with van der Waals surface area (Å²) in [6.45, 7) is 3.62. The minimum Gasteiger partial charge on any atom is -0.493 e. The number of hydrogen-bond acceptors (Lipinski definition) is 9. The Morgan fingerprint density at radius 3 is 1.79 bits per heavy atom. The van der Waals surface area contributed by atoms with Crippen LogP contribution in [0.25, 0.3) is 0 Å². The first kappa shape index (κ1) is 30.6. The topological polar surface area (TPSA) is 152 Å². The Kier molecular flexibility index (Phi) is 12.3. The summed E-state index contributed by atoms with van der Waals surface area (Å²) in [5.74, 6) is -1.71. The maximum absolute atomic E-state index is 12.5. The molecule has 2 aromatic carbocycles. The molecule has 0 saturated carbocycles. The lowest BCUT2D eigenvalue weighted by atomic mass is 10.2. The van der Waals surface area contributed by atoms with Crippen LogP contribution in [-0.4, -0.2) is 104 Å². The Morgan fingerprint density at radius 2 is 1.33 bits per heavy atom. The quantitative estimate of drug-likeness (QED) is 0.334. The Morgan fingerprint density at radius 1 is 0.795 bits per heavy atom. The maximum atomic E-state index is 12.5. The molecule has 1 heterocycles. The second kappa shape index (κ2) is 15.6. The normalized spacial score (nSPS) is 13.2. The molecule has 1 aliphatic heterocycles. The number of ether oxygens (including phenoxy) is 4. The molecule has 0 radical (unpaired) electrons. The summed E-state index contributed by atoms with van der Waals surface area (Å²) in [7, 11) is 4.49. The van der Waals surface area contributed by atoms with Gasteiger partial charge in [0, 0.05) is 50.4 Å². The molecule has 1 saturated heterocycles. The van der Waals surface area contributed by atoms with E-state index in [0.717, 1.165) is 13.1 Å². The molecule has 0 spiro atoms. The molecule has 0 aliphatic carbocycles. The van der Waals surface area contributed by atoms with Crippen LogP contribution in [0.1, 0.15) is 20.7 Å². The van der Waals surface area contributed by atoms with Crippen molar-refractivity contribution in [2.45, 2.75) is 0 Å². The molecule has 1 fully saturated rings. The van der Waals surface area contributed by atoms with Crippen molar-refractivity contribution in [3.63, 3.8) is 0 Å². The molecule has 2 N–H and O–H groups in total. The molecule has 12 nitrogen and oxygen atoms in total. The number of rotatable bonds is 10. The van der Waals surface area contributed by atoms with Crippen LogP contribution in [0.2, 0.25) is 0 Å². The second-order valence-electron chi connectivity index (χ2n) is 8.06. The van der Waals surface area contributed by atoms with E-state index in [1.165, 1.54) is 21.3 Å². The fourth-order valence-electron chi connectivity index (χ4n) is 3.63. The van der Waals surface area contributed by atoms with Gasteiger partial charge in [-0.15, -0.1) is 0 Å². The van der Waals surface area contributed by atoms with E-state index in [4.69, 9.17) is 29.2 Å². The third-order valence-corrected chi connectivity index (χ3v) is 5.59. The highest BCUT2D eigenvalue weighted by Gasteiger charge is 2.22. The number of amides is 1. The average Bonchev–Trinajstić information content (AvgIpc) is 2.95. The molecule has 210 valence electrons. The van der Waals surface area contributed by atoms with Gasteiger partial charge in [-0.3, -0.25) is 9.69 Å². The predicted octanol–water partition coefficient (Wildman–Crippen LogP) is 2.04. The van der Waals surface area contributed by atoms with Gasteiger partial charge < -0.3 is 34.1 Å². The number of carbonyl (C=O) groups excluding carboxylic acids is 2. The minimum absolute atomic E-state index is 0.0501. The number of hydrogen-bond donors (Lipinski definition) is 2. The van der Waals surface area contributed by atoms with Crippen LogP contribution in [0, 0.1) is 0 Å². The van der Waals surface area contributed by atoms with E-state index < -0.39 is 17.9 Å². The zero-order valence-electron chi connectivity index (χ0n) is 22.0. The molecule has 1 amide bonds. The lowest BCUT2D eigenvalue weighted by Gasteiger charge is -2.34. The number of methoxy groups -OCH3 is 3. The number of aliphatic carboxylic acids is 2. The van der Waals surface area contributed by atoms with Crippen LogP contribution in [0.5, 0.6) is 17.2 Å². The average molecular weight is 545 g/mol. The predicted molar refractivity (Wildman–Crippen MR) is 140 cm³/mol. The summed E-state index contributed by atoms with van der Waals surface area (Å²) in [5, 5.41) is 15.6. The first-order valence-electron chi connectivity index (χ1n) is 11.9. The van der Waals surface area contributed by atoms with Crippen molar-refractivity contribution < 1.29 is 48.3 Å². The number of esters is 1. The SMILES string of the molecule is COc1cc(C(=O)OCCN2CCN(C(=O)c3ccccc3)CC2)cc(OC)c1OC.O=C(O)C=CC(=O)O. The lowest BCUT2D eigenvalue weighted by molar-refractivity contribution is -0.134. The highest BCUT2D eigenvalue weighted by Crippen LogP contribution is 2.38. The smallest absolute Gasteiger partial charge is 0.338 e. The number of benzene rings is 2. The summed E-state index contributed by atoms with van der Waals surface area (Å²) in [6.07, 6.45) is 1.12. The molecule has 3 rings (SSSR count). The fourth-order valence-corrected chi connectivity index (χ4v) is 3.63. The minimum atomic E-state index is -1.26. The molecular formula is C27H32N2O10. The van der Waals surface area contributed by atoms with Gasteiger partial charge in [-0.25, -0.2) is 14.4 Å². The van der Waals surface area contributed by atoms with Crippen molar-refractivity contribution in [1.82, 2.24) is 9.80 Å². The van der Waals surface area contributed by atoms with Crippen molar-refractivity contribution in [3.8, 4) is 17.2 Å². The van der Waals surface area contributed by atoms with Crippen LogP contribution in [0.3, 0.4) is 0 Å². The summed E-state index contributed by atoms with van der Waals surface area (Å²) in [5.41, 5.74) is 1.03. The van der Waals surface area contributed by atoms with Crippen LogP contribution in [-0.2, 0) is 14.3 Å². The Balaban J connectivity index is 0.000000580. The third-order valence-electron chi connectivity index (χ3n) is 5.59. The fraction of sp³-hybridized carbons (Fsp3) is 0.333. The Labute approximate surface area is 225 Å². The molecular weight excluding hydrogens is 512 g/mol. The summed E-state index contributed by atoms with van der Waals surface area (Å²) in [4.78, 5) is 48.1. The van der Waals surface area contributed by atoms with Gasteiger partial charge in [0.15, 0.2) is 11.5 Å². The monoisotopic (exact) mass is 544 g/mol. The van der Waals surface area contributed by atoms with Crippen molar-refractivity contribution in [3.05, 3.63) is 65.7 Å².